The Morgan fingerprint density at radius 2 is 2.41 bits per heavy atom. The monoisotopic (exact) mass is 298 g/mol. The third-order valence-electron chi connectivity index (χ3n) is 3.68. The number of halogens is 1. The number of nitrogens with zero attached hydrogens (tertiary/aromatic N) is 1. The van der Waals surface area contributed by atoms with Crippen molar-refractivity contribution in [3.63, 3.8) is 0 Å². The molecule has 1 fully saturated rings. The molecule has 0 saturated carbocycles. The second kappa shape index (κ2) is 5.46. The van der Waals surface area contributed by atoms with Gasteiger partial charge < -0.3 is 10.1 Å². The van der Waals surface area contributed by atoms with Crippen molar-refractivity contribution in [2.75, 3.05) is 20.2 Å². The Kier molecular flexibility index (Phi) is 4.17. The summed E-state index contributed by atoms with van der Waals surface area (Å²) in [6, 6.07) is 2.15. The summed E-state index contributed by atoms with van der Waals surface area (Å²) in [5.74, 6) is 0. The first-order chi connectivity index (χ1) is 8.16. The molecule has 1 aromatic heterocycles. The summed E-state index contributed by atoms with van der Waals surface area (Å²) in [7, 11) is 2.01. The molecule has 2 heterocycles. The van der Waals surface area contributed by atoms with E-state index in [9.17, 15) is 0 Å². The second-order valence-electron chi connectivity index (χ2n) is 4.84. The Hall–Kier alpha value is -0.450. The van der Waals surface area contributed by atoms with E-state index in [1.807, 2.05) is 19.4 Å². The van der Waals surface area contributed by atoms with Gasteiger partial charge in [-0.2, -0.15) is 0 Å². The molecule has 1 saturated heterocycles. The van der Waals surface area contributed by atoms with Gasteiger partial charge in [-0.3, -0.25) is 4.98 Å². The Bertz CT molecular complexity index is 385. The minimum absolute atomic E-state index is 0.206. The van der Waals surface area contributed by atoms with Crippen molar-refractivity contribution in [1.29, 1.82) is 0 Å². The molecule has 1 N–H and O–H groups in total. The molecular formula is C13H19BrN2O. The number of rotatable bonds is 4. The standard InChI is InChI=1S/C13H19BrN2O/c1-10-13(9-15-2,3-4-17-10)6-11-5-12(14)8-16-7-11/h5,7-8,10,15H,3-4,6,9H2,1-2H3. The van der Waals surface area contributed by atoms with Gasteiger partial charge in [0.15, 0.2) is 0 Å². The molecule has 0 aromatic carbocycles. The van der Waals surface area contributed by atoms with Gasteiger partial charge in [0.05, 0.1) is 6.10 Å². The molecule has 0 spiro atoms. The average molecular weight is 299 g/mol. The minimum Gasteiger partial charge on any atom is -0.378 e. The lowest BCUT2D eigenvalue weighted by molar-refractivity contribution is 0.0639. The molecule has 2 atom stereocenters. The van der Waals surface area contributed by atoms with Crippen molar-refractivity contribution in [2.45, 2.75) is 25.9 Å². The van der Waals surface area contributed by atoms with Crippen LogP contribution in [0.5, 0.6) is 0 Å². The lowest BCUT2D eigenvalue weighted by atomic mass is 9.76. The van der Waals surface area contributed by atoms with Crippen LogP contribution in [-0.4, -0.2) is 31.3 Å². The summed E-state index contributed by atoms with van der Waals surface area (Å²) < 4.78 is 6.79. The zero-order valence-corrected chi connectivity index (χ0v) is 12.0. The Morgan fingerprint density at radius 1 is 1.59 bits per heavy atom. The van der Waals surface area contributed by atoms with Crippen LogP contribution in [0.15, 0.2) is 22.9 Å². The van der Waals surface area contributed by atoms with Crippen LogP contribution in [0.3, 0.4) is 0 Å². The maximum absolute atomic E-state index is 5.75. The summed E-state index contributed by atoms with van der Waals surface area (Å²) >= 11 is 3.47. The van der Waals surface area contributed by atoms with Crippen molar-refractivity contribution in [3.05, 3.63) is 28.5 Å². The van der Waals surface area contributed by atoms with Crippen molar-refractivity contribution in [1.82, 2.24) is 10.3 Å². The summed E-state index contributed by atoms with van der Waals surface area (Å²) in [4.78, 5) is 4.23. The molecule has 1 aliphatic heterocycles. The van der Waals surface area contributed by atoms with Crippen molar-refractivity contribution in [2.24, 2.45) is 5.41 Å². The Labute approximate surface area is 111 Å². The maximum Gasteiger partial charge on any atom is 0.0619 e. The van der Waals surface area contributed by atoms with E-state index >= 15 is 0 Å². The number of aromatic nitrogens is 1. The van der Waals surface area contributed by atoms with Gasteiger partial charge >= 0.3 is 0 Å². The smallest absolute Gasteiger partial charge is 0.0619 e. The minimum atomic E-state index is 0.206. The molecule has 94 valence electrons. The van der Waals surface area contributed by atoms with E-state index in [2.05, 4.69) is 39.2 Å². The molecule has 2 rings (SSSR count). The molecule has 1 aromatic rings. The highest BCUT2D eigenvalue weighted by Gasteiger charge is 2.40. The van der Waals surface area contributed by atoms with Crippen LogP contribution in [0.2, 0.25) is 0 Å². The summed E-state index contributed by atoms with van der Waals surface area (Å²) in [6.45, 7) is 4.03. The lowest BCUT2D eigenvalue weighted by Gasteiger charge is -2.32. The van der Waals surface area contributed by atoms with E-state index in [4.69, 9.17) is 4.74 Å². The van der Waals surface area contributed by atoms with E-state index in [1.165, 1.54) is 5.56 Å². The Balaban J connectivity index is 2.18. The van der Waals surface area contributed by atoms with Crippen LogP contribution in [0.4, 0.5) is 0 Å². The predicted molar refractivity (Wildman–Crippen MR) is 72.0 cm³/mol. The SMILES string of the molecule is CNCC1(Cc2cncc(Br)c2)CCOC1C. The second-order valence-corrected chi connectivity index (χ2v) is 5.76. The normalized spacial score (nSPS) is 28.5. The highest BCUT2D eigenvalue weighted by molar-refractivity contribution is 9.10. The van der Waals surface area contributed by atoms with E-state index in [0.717, 1.165) is 30.5 Å². The summed E-state index contributed by atoms with van der Waals surface area (Å²) in [6.07, 6.45) is 6.20. The number of pyridine rings is 1. The summed E-state index contributed by atoms with van der Waals surface area (Å²) in [5.41, 5.74) is 1.48. The first-order valence-electron chi connectivity index (χ1n) is 6.02. The number of ether oxygens (including phenoxy) is 1. The lowest BCUT2D eigenvalue weighted by Crippen LogP contribution is -2.40. The molecule has 0 amide bonds. The van der Waals surface area contributed by atoms with Gasteiger partial charge in [0.25, 0.3) is 0 Å². The Morgan fingerprint density at radius 3 is 3.00 bits per heavy atom. The van der Waals surface area contributed by atoms with Crippen LogP contribution in [0.1, 0.15) is 18.9 Å². The first kappa shape index (κ1) is 13.0. The quantitative estimate of drug-likeness (QED) is 0.927. The van der Waals surface area contributed by atoms with Crippen molar-refractivity contribution < 1.29 is 4.74 Å². The number of hydrogen-bond acceptors (Lipinski definition) is 3. The van der Waals surface area contributed by atoms with Crippen molar-refractivity contribution >= 4 is 15.9 Å². The fraction of sp³-hybridized carbons (Fsp3) is 0.615. The average Bonchev–Trinajstić information content (AvgIpc) is 2.61. The van der Waals surface area contributed by atoms with Gasteiger partial charge in [0.2, 0.25) is 0 Å². The predicted octanol–water partition coefficient (Wildman–Crippen LogP) is 2.40. The molecule has 0 bridgehead atoms. The molecular weight excluding hydrogens is 280 g/mol. The number of hydrogen-bond donors (Lipinski definition) is 1. The van der Waals surface area contributed by atoms with E-state index in [-0.39, 0.29) is 5.41 Å². The highest BCUT2D eigenvalue weighted by Crippen LogP contribution is 2.37. The van der Waals surface area contributed by atoms with E-state index in [0.29, 0.717) is 6.10 Å². The topological polar surface area (TPSA) is 34.2 Å². The summed E-state index contributed by atoms with van der Waals surface area (Å²) in [5, 5.41) is 3.30. The van der Waals surface area contributed by atoms with Crippen LogP contribution < -0.4 is 5.32 Å². The van der Waals surface area contributed by atoms with Crippen LogP contribution in [-0.2, 0) is 11.2 Å². The molecule has 0 aliphatic carbocycles. The van der Waals surface area contributed by atoms with Gasteiger partial charge in [-0.05, 0) is 54.4 Å². The fourth-order valence-corrected chi connectivity index (χ4v) is 3.07. The van der Waals surface area contributed by atoms with E-state index in [1.54, 1.807) is 0 Å². The molecule has 0 radical (unpaired) electrons. The first-order valence-corrected chi connectivity index (χ1v) is 6.81. The van der Waals surface area contributed by atoms with Gasteiger partial charge in [0.1, 0.15) is 0 Å². The van der Waals surface area contributed by atoms with Gasteiger partial charge in [0, 0.05) is 35.4 Å². The van der Waals surface area contributed by atoms with E-state index < -0.39 is 0 Å². The van der Waals surface area contributed by atoms with Crippen LogP contribution >= 0.6 is 15.9 Å². The van der Waals surface area contributed by atoms with Crippen LogP contribution in [0, 0.1) is 5.41 Å². The molecule has 4 heteroatoms. The molecule has 3 nitrogen and oxygen atoms in total. The molecule has 17 heavy (non-hydrogen) atoms. The zero-order valence-electron chi connectivity index (χ0n) is 10.4. The third-order valence-corrected chi connectivity index (χ3v) is 4.11. The maximum atomic E-state index is 5.75. The zero-order chi connectivity index (χ0) is 12.3. The largest absolute Gasteiger partial charge is 0.378 e. The van der Waals surface area contributed by atoms with Gasteiger partial charge in [-0.15, -0.1) is 0 Å². The molecule has 1 aliphatic rings. The highest BCUT2D eigenvalue weighted by atomic mass is 79.9. The van der Waals surface area contributed by atoms with Gasteiger partial charge in [-0.25, -0.2) is 0 Å². The van der Waals surface area contributed by atoms with Crippen LogP contribution in [0.25, 0.3) is 0 Å². The molecule has 2 unspecified atom stereocenters. The van der Waals surface area contributed by atoms with Crippen molar-refractivity contribution in [3.8, 4) is 0 Å². The third kappa shape index (κ3) is 2.87. The fourth-order valence-electron chi connectivity index (χ4n) is 2.66. The number of nitrogens with one attached hydrogen (secondary N) is 1. The van der Waals surface area contributed by atoms with Gasteiger partial charge in [-0.1, -0.05) is 0 Å².